The summed E-state index contributed by atoms with van der Waals surface area (Å²) in [6.45, 7) is 1.56. The number of anilines is 1. The summed E-state index contributed by atoms with van der Waals surface area (Å²) >= 11 is 0. The second-order valence-corrected chi connectivity index (χ2v) is 4.89. The molecule has 1 aliphatic rings. The molecule has 0 aliphatic carbocycles. The van der Waals surface area contributed by atoms with E-state index in [-0.39, 0.29) is 24.2 Å². The van der Waals surface area contributed by atoms with Gasteiger partial charge in [-0.1, -0.05) is 11.8 Å². The molecule has 116 valence electrons. The van der Waals surface area contributed by atoms with Gasteiger partial charge in [-0.2, -0.15) is 0 Å². The molecule has 1 aliphatic heterocycles. The molecule has 1 aromatic carbocycles. The lowest BCUT2D eigenvalue weighted by atomic mass is 10.2. The fourth-order valence-electron chi connectivity index (χ4n) is 2.21. The molecule has 0 atom stereocenters. The molecule has 6 nitrogen and oxygen atoms in total. The second-order valence-electron chi connectivity index (χ2n) is 4.89. The zero-order valence-corrected chi connectivity index (χ0v) is 12.3. The zero-order valence-electron chi connectivity index (χ0n) is 12.3. The molecule has 0 bridgehead atoms. The minimum Gasteiger partial charge on any atom is -0.459 e. The number of benzene rings is 1. The van der Waals surface area contributed by atoms with Crippen molar-refractivity contribution in [2.24, 2.45) is 0 Å². The van der Waals surface area contributed by atoms with Gasteiger partial charge in [-0.15, -0.1) is 0 Å². The first-order chi connectivity index (χ1) is 11.2. The molecular weight excluding hydrogens is 294 g/mol. The van der Waals surface area contributed by atoms with Gasteiger partial charge in [-0.25, -0.2) is 4.79 Å². The maximum absolute atomic E-state index is 11.6. The molecular formula is C17H15N3O3. The van der Waals surface area contributed by atoms with E-state index >= 15 is 0 Å². The van der Waals surface area contributed by atoms with Crippen LogP contribution in [0.5, 0.6) is 0 Å². The van der Waals surface area contributed by atoms with Crippen molar-refractivity contribution < 1.29 is 14.0 Å². The SMILES string of the molecule is O=C(NCC#Cc1ccc(N2CCNC2=O)cc1)c1ccco1. The first kappa shape index (κ1) is 14.7. The normalized spacial score (nSPS) is 13.2. The minimum absolute atomic E-state index is 0.0792. The maximum atomic E-state index is 11.6. The molecule has 0 radical (unpaired) electrons. The topological polar surface area (TPSA) is 74.6 Å². The van der Waals surface area contributed by atoms with Crippen LogP contribution >= 0.6 is 0 Å². The van der Waals surface area contributed by atoms with E-state index in [2.05, 4.69) is 22.5 Å². The van der Waals surface area contributed by atoms with E-state index in [0.29, 0.717) is 13.1 Å². The highest BCUT2D eigenvalue weighted by atomic mass is 16.3. The Kier molecular flexibility index (Phi) is 4.29. The third-order valence-corrected chi connectivity index (χ3v) is 3.35. The number of carbonyl (C=O) groups is 2. The Hall–Kier alpha value is -3.20. The average molecular weight is 309 g/mol. The first-order valence-corrected chi connectivity index (χ1v) is 7.20. The van der Waals surface area contributed by atoms with Crippen LogP contribution in [0.1, 0.15) is 16.1 Å². The Morgan fingerprint density at radius 1 is 1.30 bits per heavy atom. The highest BCUT2D eigenvalue weighted by Crippen LogP contribution is 2.16. The van der Waals surface area contributed by atoms with Gasteiger partial charge in [0, 0.05) is 24.3 Å². The summed E-state index contributed by atoms with van der Waals surface area (Å²) in [4.78, 5) is 24.9. The van der Waals surface area contributed by atoms with Crippen LogP contribution in [0.2, 0.25) is 0 Å². The molecule has 2 heterocycles. The first-order valence-electron chi connectivity index (χ1n) is 7.20. The van der Waals surface area contributed by atoms with Crippen LogP contribution in [-0.2, 0) is 0 Å². The molecule has 3 amide bonds. The lowest BCUT2D eigenvalue weighted by Gasteiger charge is -2.13. The summed E-state index contributed by atoms with van der Waals surface area (Å²) in [5, 5.41) is 5.41. The number of nitrogens with zero attached hydrogens (tertiary/aromatic N) is 1. The van der Waals surface area contributed by atoms with E-state index in [4.69, 9.17) is 4.42 Å². The standard InChI is InChI=1S/C17H15N3O3/c21-16(15-4-2-12-23-15)18-9-1-3-13-5-7-14(8-6-13)20-11-10-19-17(20)22/h2,4-8,12H,9-11H2,(H,18,21)(H,19,22). The van der Waals surface area contributed by atoms with Gasteiger partial charge in [0.25, 0.3) is 5.91 Å². The molecule has 2 aromatic rings. The van der Waals surface area contributed by atoms with Crippen molar-refractivity contribution in [3.05, 3.63) is 54.0 Å². The highest BCUT2D eigenvalue weighted by molar-refractivity contribution is 5.94. The van der Waals surface area contributed by atoms with Crippen molar-refractivity contribution in [2.75, 3.05) is 24.5 Å². The van der Waals surface area contributed by atoms with Crippen molar-refractivity contribution in [3.8, 4) is 11.8 Å². The van der Waals surface area contributed by atoms with Crippen LogP contribution in [0.25, 0.3) is 0 Å². The summed E-state index contributed by atoms with van der Waals surface area (Å²) in [6, 6.07) is 10.6. The molecule has 1 saturated heterocycles. The molecule has 6 heteroatoms. The van der Waals surface area contributed by atoms with Gasteiger partial charge >= 0.3 is 6.03 Å². The Balaban J connectivity index is 1.54. The summed E-state index contributed by atoms with van der Waals surface area (Å²) in [7, 11) is 0. The van der Waals surface area contributed by atoms with Crippen LogP contribution in [0.4, 0.5) is 10.5 Å². The Labute approximate surface area is 133 Å². The quantitative estimate of drug-likeness (QED) is 0.846. The molecule has 1 aromatic heterocycles. The summed E-state index contributed by atoms with van der Waals surface area (Å²) < 4.78 is 4.98. The average Bonchev–Trinajstić information content (AvgIpc) is 3.23. The maximum Gasteiger partial charge on any atom is 0.321 e. The Morgan fingerprint density at radius 2 is 2.13 bits per heavy atom. The number of furan rings is 1. The molecule has 1 fully saturated rings. The van der Waals surface area contributed by atoms with E-state index < -0.39 is 0 Å². The van der Waals surface area contributed by atoms with Crippen LogP contribution in [0.3, 0.4) is 0 Å². The van der Waals surface area contributed by atoms with E-state index in [9.17, 15) is 9.59 Å². The second kappa shape index (κ2) is 6.71. The monoisotopic (exact) mass is 309 g/mol. The van der Waals surface area contributed by atoms with E-state index in [1.165, 1.54) is 6.26 Å². The summed E-state index contributed by atoms with van der Waals surface area (Å²) in [5.74, 6) is 5.81. The van der Waals surface area contributed by atoms with E-state index in [1.54, 1.807) is 17.0 Å². The molecule has 0 saturated carbocycles. The zero-order chi connectivity index (χ0) is 16.1. The van der Waals surface area contributed by atoms with Gasteiger partial charge in [-0.3, -0.25) is 9.69 Å². The van der Waals surface area contributed by atoms with Gasteiger partial charge < -0.3 is 15.1 Å². The number of carbonyl (C=O) groups excluding carboxylic acids is 2. The fraction of sp³-hybridized carbons (Fsp3) is 0.176. The van der Waals surface area contributed by atoms with Crippen molar-refractivity contribution in [1.82, 2.24) is 10.6 Å². The molecule has 3 rings (SSSR count). The number of hydrogen-bond acceptors (Lipinski definition) is 3. The highest BCUT2D eigenvalue weighted by Gasteiger charge is 2.20. The third kappa shape index (κ3) is 3.52. The smallest absolute Gasteiger partial charge is 0.321 e. The van der Waals surface area contributed by atoms with Crippen molar-refractivity contribution in [2.45, 2.75) is 0 Å². The number of nitrogens with one attached hydrogen (secondary N) is 2. The van der Waals surface area contributed by atoms with E-state index in [0.717, 1.165) is 11.3 Å². The predicted molar refractivity (Wildman–Crippen MR) is 85.1 cm³/mol. The van der Waals surface area contributed by atoms with Gasteiger partial charge in [0.1, 0.15) is 0 Å². The lowest BCUT2D eigenvalue weighted by molar-refractivity contribution is 0.0931. The molecule has 2 N–H and O–H groups in total. The number of urea groups is 1. The summed E-state index contributed by atoms with van der Waals surface area (Å²) in [6.07, 6.45) is 1.45. The van der Waals surface area contributed by atoms with E-state index in [1.807, 2.05) is 24.3 Å². The van der Waals surface area contributed by atoms with Crippen LogP contribution in [0.15, 0.2) is 47.1 Å². The molecule has 0 spiro atoms. The number of rotatable bonds is 3. The van der Waals surface area contributed by atoms with Crippen molar-refractivity contribution in [3.63, 3.8) is 0 Å². The number of amides is 3. The van der Waals surface area contributed by atoms with Crippen LogP contribution in [-0.4, -0.2) is 31.6 Å². The number of hydrogen-bond donors (Lipinski definition) is 2. The Morgan fingerprint density at radius 3 is 2.78 bits per heavy atom. The third-order valence-electron chi connectivity index (χ3n) is 3.35. The van der Waals surface area contributed by atoms with Crippen LogP contribution < -0.4 is 15.5 Å². The summed E-state index contributed by atoms with van der Waals surface area (Å²) in [5.41, 5.74) is 1.66. The Bertz CT molecular complexity index is 755. The van der Waals surface area contributed by atoms with Crippen molar-refractivity contribution in [1.29, 1.82) is 0 Å². The fourth-order valence-corrected chi connectivity index (χ4v) is 2.21. The van der Waals surface area contributed by atoms with Gasteiger partial charge in [-0.05, 0) is 36.4 Å². The molecule has 23 heavy (non-hydrogen) atoms. The minimum atomic E-state index is -0.292. The predicted octanol–water partition coefficient (Wildman–Crippen LogP) is 1.59. The lowest BCUT2D eigenvalue weighted by Crippen LogP contribution is -2.27. The van der Waals surface area contributed by atoms with Gasteiger partial charge in [0.2, 0.25) is 0 Å². The van der Waals surface area contributed by atoms with Gasteiger partial charge in [0.15, 0.2) is 5.76 Å². The largest absolute Gasteiger partial charge is 0.459 e. The molecule has 0 unspecified atom stereocenters. The van der Waals surface area contributed by atoms with Gasteiger partial charge in [0.05, 0.1) is 12.8 Å². The van der Waals surface area contributed by atoms with Crippen LogP contribution in [0, 0.1) is 11.8 Å². The van der Waals surface area contributed by atoms with Crippen molar-refractivity contribution >= 4 is 17.6 Å².